The highest BCUT2D eigenvalue weighted by molar-refractivity contribution is 7.99. The van der Waals surface area contributed by atoms with Crippen LogP contribution < -0.4 is 14.4 Å². The van der Waals surface area contributed by atoms with E-state index in [1.165, 1.54) is 11.8 Å². The molecule has 0 fully saturated rings. The van der Waals surface area contributed by atoms with Crippen molar-refractivity contribution in [2.75, 3.05) is 31.4 Å². The molecule has 0 N–H and O–H groups in total. The number of benzene rings is 2. The molecule has 1 aromatic heterocycles. The summed E-state index contributed by atoms with van der Waals surface area (Å²) in [4.78, 5) is 18.9. The van der Waals surface area contributed by atoms with Gasteiger partial charge in [-0.15, -0.1) is 11.8 Å². The molecule has 0 radical (unpaired) electrons. The molecule has 3 aromatic rings. The summed E-state index contributed by atoms with van der Waals surface area (Å²) in [5, 5.41) is 4.03. The highest BCUT2D eigenvalue weighted by Crippen LogP contribution is 2.31. The van der Waals surface area contributed by atoms with Crippen molar-refractivity contribution >= 4 is 23.4 Å². The van der Waals surface area contributed by atoms with Crippen LogP contribution in [0.2, 0.25) is 0 Å². The van der Waals surface area contributed by atoms with Crippen molar-refractivity contribution in [2.24, 2.45) is 0 Å². The van der Waals surface area contributed by atoms with Gasteiger partial charge < -0.3 is 18.9 Å². The van der Waals surface area contributed by atoms with Gasteiger partial charge in [0.1, 0.15) is 0 Å². The Bertz CT molecular complexity index is 1010. The summed E-state index contributed by atoms with van der Waals surface area (Å²) in [5.41, 5.74) is 2.80. The van der Waals surface area contributed by atoms with Crippen LogP contribution in [-0.2, 0) is 10.5 Å². The molecule has 3 rings (SSSR count). The minimum absolute atomic E-state index is 0.0488. The van der Waals surface area contributed by atoms with Crippen LogP contribution in [0, 0.1) is 6.92 Å². The summed E-state index contributed by atoms with van der Waals surface area (Å²) in [6.45, 7) is 4.60. The van der Waals surface area contributed by atoms with Crippen molar-refractivity contribution in [1.82, 2.24) is 10.1 Å². The number of ether oxygens (including phenoxy) is 2. The van der Waals surface area contributed by atoms with Gasteiger partial charge in [-0.05, 0) is 49.7 Å². The minimum atomic E-state index is 0.0488. The number of amides is 1. The Morgan fingerprint density at radius 3 is 2.63 bits per heavy atom. The van der Waals surface area contributed by atoms with E-state index >= 15 is 0 Å². The molecule has 7 nitrogen and oxygen atoms in total. The first-order valence-corrected chi connectivity index (χ1v) is 10.7. The first-order chi connectivity index (χ1) is 14.5. The maximum atomic E-state index is 12.6. The van der Waals surface area contributed by atoms with Gasteiger partial charge in [-0.3, -0.25) is 4.79 Å². The zero-order chi connectivity index (χ0) is 21.5. The summed E-state index contributed by atoms with van der Waals surface area (Å²) in [6, 6.07) is 13.4. The predicted molar refractivity (Wildman–Crippen MR) is 118 cm³/mol. The van der Waals surface area contributed by atoms with Crippen molar-refractivity contribution in [3.63, 3.8) is 0 Å². The molecule has 0 saturated heterocycles. The molecular formula is C22H25N3O4S. The van der Waals surface area contributed by atoms with Gasteiger partial charge in [-0.1, -0.05) is 17.3 Å². The van der Waals surface area contributed by atoms with Crippen molar-refractivity contribution in [3.05, 3.63) is 53.9 Å². The number of thioether (sulfide) groups is 1. The fraction of sp³-hybridized carbons (Fsp3) is 0.318. The molecule has 1 amide bonds. The number of aromatic nitrogens is 2. The van der Waals surface area contributed by atoms with Crippen LogP contribution in [0.3, 0.4) is 0 Å². The molecule has 0 saturated carbocycles. The van der Waals surface area contributed by atoms with Gasteiger partial charge >= 0.3 is 0 Å². The van der Waals surface area contributed by atoms with Gasteiger partial charge in [0, 0.05) is 17.8 Å². The monoisotopic (exact) mass is 427 g/mol. The summed E-state index contributed by atoms with van der Waals surface area (Å²) in [7, 11) is 3.16. The lowest BCUT2D eigenvalue weighted by molar-refractivity contribution is -0.116. The molecule has 0 bridgehead atoms. The lowest BCUT2D eigenvalue weighted by Crippen LogP contribution is -2.32. The van der Waals surface area contributed by atoms with E-state index in [-0.39, 0.29) is 5.91 Å². The number of aryl methyl sites for hydroxylation is 1. The number of rotatable bonds is 9. The van der Waals surface area contributed by atoms with E-state index in [4.69, 9.17) is 14.0 Å². The third-order valence-corrected chi connectivity index (χ3v) is 5.39. The van der Waals surface area contributed by atoms with Gasteiger partial charge in [-0.2, -0.15) is 4.98 Å². The number of hydrogen-bond acceptors (Lipinski definition) is 7. The van der Waals surface area contributed by atoms with Crippen LogP contribution in [0.1, 0.15) is 18.4 Å². The fourth-order valence-corrected chi connectivity index (χ4v) is 3.73. The Morgan fingerprint density at radius 2 is 1.93 bits per heavy atom. The normalized spacial score (nSPS) is 10.7. The highest BCUT2D eigenvalue weighted by atomic mass is 32.2. The molecule has 8 heteroatoms. The summed E-state index contributed by atoms with van der Waals surface area (Å²) in [5.74, 6) is 3.00. The van der Waals surface area contributed by atoms with Crippen LogP contribution in [0.25, 0.3) is 11.4 Å². The Morgan fingerprint density at radius 1 is 1.13 bits per heavy atom. The molecule has 1 heterocycles. The van der Waals surface area contributed by atoms with E-state index in [2.05, 4.69) is 10.1 Å². The van der Waals surface area contributed by atoms with Crippen LogP contribution in [0.4, 0.5) is 5.69 Å². The first-order valence-electron chi connectivity index (χ1n) is 9.55. The average molecular weight is 428 g/mol. The quantitative estimate of drug-likeness (QED) is 0.502. The van der Waals surface area contributed by atoms with Crippen molar-refractivity contribution in [1.29, 1.82) is 0 Å². The van der Waals surface area contributed by atoms with E-state index in [0.717, 1.165) is 16.8 Å². The zero-order valence-electron chi connectivity index (χ0n) is 17.5. The molecule has 0 spiro atoms. The highest BCUT2D eigenvalue weighted by Gasteiger charge is 2.16. The van der Waals surface area contributed by atoms with Crippen LogP contribution in [0.15, 0.2) is 47.0 Å². The van der Waals surface area contributed by atoms with Gasteiger partial charge in [-0.25, -0.2) is 0 Å². The van der Waals surface area contributed by atoms with Gasteiger partial charge in [0.05, 0.1) is 25.7 Å². The molecule has 0 atom stereocenters. The second-order valence-corrected chi connectivity index (χ2v) is 7.54. The maximum absolute atomic E-state index is 12.6. The molecular weight excluding hydrogens is 402 g/mol. The Kier molecular flexibility index (Phi) is 7.35. The number of carbonyl (C=O) groups is 1. The zero-order valence-corrected chi connectivity index (χ0v) is 18.4. The van der Waals surface area contributed by atoms with Crippen LogP contribution >= 0.6 is 11.8 Å². The van der Waals surface area contributed by atoms with E-state index in [1.54, 1.807) is 31.3 Å². The standard InChI is InChI=1S/C22H25N3O4S/c1-5-25(17-8-6-7-15(2)11-17)21(26)14-30-13-20-23-22(24-29-20)16-9-10-18(27-3)19(12-16)28-4/h6-12H,5,13-14H2,1-4H3. The predicted octanol–water partition coefficient (Wildman–Crippen LogP) is 4.35. The molecule has 30 heavy (non-hydrogen) atoms. The summed E-state index contributed by atoms with van der Waals surface area (Å²) in [6.07, 6.45) is 0. The molecule has 0 aliphatic carbocycles. The topological polar surface area (TPSA) is 77.7 Å². The van der Waals surface area contributed by atoms with Gasteiger partial charge in [0.25, 0.3) is 0 Å². The van der Waals surface area contributed by atoms with E-state index < -0.39 is 0 Å². The maximum Gasteiger partial charge on any atom is 0.236 e. The van der Waals surface area contributed by atoms with Crippen molar-refractivity contribution in [2.45, 2.75) is 19.6 Å². The van der Waals surface area contributed by atoms with Crippen LogP contribution in [-0.4, -0.2) is 42.6 Å². The number of nitrogens with zero attached hydrogens (tertiary/aromatic N) is 3. The molecule has 0 aliphatic rings. The summed E-state index contributed by atoms with van der Waals surface area (Å²) >= 11 is 1.45. The van der Waals surface area contributed by atoms with Gasteiger partial charge in [0.2, 0.25) is 17.6 Å². The first kappa shape index (κ1) is 21.7. The smallest absolute Gasteiger partial charge is 0.236 e. The Balaban J connectivity index is 1.59. The molecule has 0 unspecified atom stereocenters. The third kappa shape index (κ3) is 5.13. The van der Waals surface area contributed by atoms with Crippen molar-refractivity contribution < 1.29 is 18.8 Å². The Hall–Kier alpha value is -3.00. The number of carbonyl (C=O) groups excluding carboxylic acids is 1. The second-order valence-electron chi connectivity index (χ2n) is 6.55. The van der Waals surface area contributed by atoms with Crippen molar-refractivity contribution in [3.8, 4) is 22.9 Å². The second kappa shape index (κ2) is 10.2. The largest absolute Gasteiger partial charge is 0.493 e. The molecule has 158 valence electrons. The van der Waals surface area contributed by atoms with Gasteiger partial charge in [0.15, 0.2) is 11.5 Å². The SMILES string of the molecule is CCN(C(=O)CSCc1nc(-c2ccc(OC)c(OC)c2)no1)c1cccc(C)c1. The lowest BCUT2D eigenvalue weighted by atomic mass is 10.2. The Labute approximate surface area is 180 Å². The average Bonchev–Trinajstić information content (AvgIpc) is 3.22. The molecule has 0 aliphatic heterocycles. The third-order valence-electron chi connectivity index (χ3n) is 4.49. The minimum Gasteiger partial charge on any atom is -0.493 e. The van der Waals surface area contributed by atoms with Crippen LogP contribution in [0.5, 0.6) is 11.5 Å². The molecule has 2 aromatic carbocycles. The number of hydrogen-bond donors (Lipinski definition) is 0. The summed E-state index contributed by atoms with van der Waals surface area (Å²) < 4.78 is 15.9. The number of anilines is 1. The van der Waals surface area contributed by atoms with E-state index in [1.807, 2.05) is 44.2 Å². The fourth-order valence-electron chi connectivity index (χ4n) is 3.01. The van der Waals surface area contributed by atoms with E-state index in [9.17, 15) is 4.79 Å². The number of methoxy groups -OCH3 is 2. The van der Waals surface area contributed by atoms with E-state index in [0.29, 0.717) is 41.3 Å². The lowest BCUT2D eigenvalue weighted by Gasteiger charge is -2.21.